The molecule has 6 heteroatoms. The Bertz CT molecular complexity index is 1010. The Hall–Kier alpha value is -2.83. The van der Waals surface area contributed by atoms with E-state index in [1.165, 1.54) is 0 Å². The number of rotatable bonds is 4. The van der Waals surface area contributed by atoms with Gasteiger partial charge in [0.05, 0.1) is 4.90 Å². The predicted molar refractivity (Wildman–Crippen MR) is 120 cm³/mol. The van der Waals surface area contributed by atoms with Gasteiger partial charge in [-0.3, -0.25) is 4.18 Å². The summed E-state index contributed by atoms with van der Waals surface area (Å²) < 4.78 is 19.2. The van der Waals surface area contributed by atoms with E-state index in [1.54, 1.807) is 6.07 Å². The van der Waals surface area contributed by atoms with E-state index in [9.17, 15) is 4.21 Å². The Labute approximate surface area is 174 Å². The van der Waals surface area contributed by atoms with Crippen LogP contribution in [0.25, 0.3) is 0 Å². The normalized spacial score (nSPS) is 17.0. The van der Waals surface area contributed by atoms with Gasteiger partial charge < -0.3 is 15.5 Å². The van der Waals surface area contributed by atoms with Crippen LogP contribution in [0, 0.1) is 0 Å². The van der Waals surface area contributed by atoms with E-state index in [1.807, 2.05) is 98.7 Å². The molecule has 1 atom stereocenters. The van der Waals surface area contributed by atoms with Gasteiger partial charge in [0, 0.05) is 50.8 Å². The van der Waals surface area contributed by atoms with Crippen LogP contribution in [-0.4, -0.2) is 32.4 Å². The minimum Gasteiger partial charge on any atom is -0.399 e. The minimum atomic E-state index is -1.61. The fourth-order valence-corrected chi connectivity index (χ4v) is 4.96. The van der Waals surface area contributed by atoms with Crippen LogP contribution in [0.15, 0.2) is 71.6 Å². The SMILES string of the molecule is CN(C)c1ccc(C2(c3ccc(N(C)C)cc3)OS(=O)c3cc(N)ccc32)cc1. The van der Waals surface area contributed by atoms with Gasteiger partial charge in [-0.15, -0.1) is 0 Å². The van der Waals surface area contributed by atoms with Gasteiger partial charge in [-0.1, -0.05) is 30.3 Å². The first-order valence-corrected chi connectivity index (χ1v) is 10.5. The molecular formula is C23H25N3O2S. The van der Waals surface area contributed by atoms with Crippen LogP contribution in [0.4, 0.5) is 17.1 Å². The summed E-state index contributed by atoms with van der Waals surface area (Å²) in [6.07, 6.45) is 0. The first kappa shape index (κ1) is 19.5. The monoisotopic (exact) mass is 407 g/mol. The lowest BCUT2D eigenvalue weighted by Gasteiger charge is -2.30. The van der Waals surface area contributed by atoms with Crippen molar-refractivity contribution in [3.8, 4) is 0 Å². The molecule has 1 unspecified atom stereocenters. The van der Waals surface area contributed by atoms with Crippen molar-refractivity contribution >= 4 is 28.1 Å². The first-order chi connectivity index (χ1) is 13.8. The Morgan fingerprint density at radius 3 is 1.72 bits per heavy atom. The third kappa shape index (κ3) is 3.18. The number of fused-ring (bicyclic) bond motifs is 1. The van der Waals surface area contributed by atoms with Crippen molar-refractivity contribution < 1.29 is 8.39 Å². The molecule has 0 aromatic heterocycles. The molecule has 0 radical (unpaired) electrons. The molecule has 0 spiro atoms. The number of nitrogens with zero attached hydrogens (tertiary/aromatic N) is 2. The van der Waals surface area contributed by atoms with Crippen LogP contribution in [0.2, 0.25) is 0 Å². The zero-order valence-corrected chi connectivity index (χ0v) is 17.9. The highest BCUT2D eigenvalue weighted by molar-refractivity contribution is 7.80. The number of anilines is 3. The Morgan fingerprint density at radius 2 is 1.28 bits per heavy atom. The lowest BCUT2D eigenvalue weighted by Crippen LogP contribution is -2.29. The number of nitrogens with two attached hydrogens (primary N) is 1. The molecule has 5 nitrogen and oxygen atoms in total. The average molecular weight is 408 g/mol. The molecule has 4 rings (SSSR count). The summed E-state index contributed by atoms with van der Waals surface area (Å²) in [7, 11) is 8.02. The van der Waals surface area contributed by atoms with Gasteiger partial charge in [0.15, 0.2) is 16.7 Å². The quantitative estimate of drug-likeness (QED) is 0.668. The van der Waals surface area contributed by atoms with E-state index in [-0.39, 0.29) is 0 Å². The maximum absolute atomic E-state index is 12.9. The molecule has 0 amide bonds. The van der Waals surface area contributed by atoms with Crippen LogP contribution >= 0.6 is 0 Å². The van der Waals surface area contributed by atoms with Gasteiger partial charge >= 0.3 is 0 Å². The Kier molecular flexibility index (Phi) is 4.84. The fourth-order valence-electron chi connectivity index (χ4n) is 3.73. The van der Waals surface area contributed by atoms with Crippen molar-refractivity contribution in [2.75, 3.05) is 43.7 Å². The van der Waals surface area contributed by atoms with Gasteiger partial charge in [-0.25, -0.2) is 4.21 Å². The second-order valence-corrected chi connectivity index (χ2v) is 8.71. The molecule has 29 heavy (non-hydrogen) atoms. The molecule has 2 N–H and O–H groups in total. The molecule has 150 valence electrons. The molecule has 1 heterocycles. The molecule has 3 aromatic rings. The van der Waals surface area contributed by atoms with E-state index in [4.69, 9.17) is 9.92 Å². The number of benzene rings is 3. The zero-order valence-electron chi connectivity index (χ0n) is 17.0. The van der Waals surface area contributed by atoms with Crippen LogP contribution in [0.1, 0.15) is 16.7 Å². The van der Waals surface area contributed by atoms with Crippen LogP contribution < -0.4 is 15.5 Å². The largest absolute Gasteiger partial charge is 0.399 e. The second kappa shape index (κ2) is 7.21. The smallest absolute Gasteiger partial charge is 0.191 e. The summed E-state index contributed by atoms with van der Waals surface area (Å²) in [4.78, 5) is 4.72. The maximum Gasteiger partial charge on any atom is 0.191 e. The third-order valence-electron chi connectivity index (χ3n) is 5.35. The molecule has 0 saturated carbocycles. The van der Waals surface area contributed by atoms with E-state index < -0.39 is 16.7 Å². The zero-order chi connectivity index (χ0) is 20.8. The van der Waals surface area contributed by atoms with Crippen LogP contribution in [-0.2, 0) is 20.9 Å². The molecule has 0 bridgehead atoms. The van der Waals surface area contributed by atoms with Gasteiger partial charge in [0.2, 0.25) is 0 Å². The molecule has 1 aliphatic heterocycles. The summed E-state index contributed by atoms with van der Waals surface area (Å²) in [5.41, 5.74) is 10.5. The highest BCUT2D eigenvalue weighted by Crippen LogP contribution is 2.49. The lowest BCUT2D eigenvalue weighted by molar-refractivity contribution is 0.193. The number of hydrogen-bond donors (Lipinski definition) is 1. The third-order valence-corrected chi connectivity index (χ3v) is 6.44. The van der Waals surface area contributed by atoms with Crippen molar-refractivity contribution in [1.29, 1.82) is 0 Å². The summed E-state index contributed by atoms with van der Waals surface area (Å²) in [6.45, 7) is 0. The van der Waals surface area contributed by atoms with Crippen molar-refractivity contribution in [3.05, 3.63) is 83.4 Å². The molecule has 0 saturated heterocycles. The standard InChI is InChI=1S/C23H25N3O2S/c1-25(2)19-10-5-16(6-11-19)23(17-7-12-20(13-8-17)26(3)4)21-14-9-18(24)15-22(21)29(27)28-23/h5-15H,24H2,1-4H3. The van der Waals surface area contributed by atoms with E-state index in [0.717, 1.165) is 28.1 Å². The number of hydrogen-bond acceptors (Lipinski definition) is 5. The molecule has 3 aromatic carbocycles. The predicted octanol–water partition coefficient (Wildman–Crippen LogP) is 3.75. The van der Waals surface area contributed by atoms with E-state index >= 15 is 0 Å². The lowest BCUT2D eigenvalue weighted by atomic mass is 9.80. The van der Waals surface area contributed by atoms with E-state index in [0.29, 0.717) is 10.6 Å². The highest BCUT2D eigenvalue weighted by atomic mass is 32.2. The summed E-state index contributed by atoms with van der Waals surface area (Å²) >= 11 is -1.61. The van der Waals surface area contributed by atoms with Crippen LogP contribution in [0.5, 0.6) is 0 Å². The molecule has 0 aliphatic carbocycles. The van der Waals surface area contributed by atoms with Gasteiger partial charge in [-0.2, -0.15) is 0 Å². The highest BCUT2D eigenvalue weighted by Gasteiger charge is 2.47. The maximum atomic E-state index is 12.9. The first-order valence-electron chi connectivity index (χ1n) is 9.40. The van der Waals surface area contributed by atoms with Crippen molar-refractivity contribution in [3.63, 3.8) is 0 Å². The molecular weight excluding hydrogens is 382 g/mol. The van der Waals surface area contributed by atoms with Gasteiger partial charge in [0.1, 0.15) is 0 Å². The number of nitrogen functional groups attached to an aromatic ring is 1. The van der Waals surface area contributed by atoms with Crippen molar-refractivity contribution in [2.24, 2.45) is 0 Å². The van der Waals surface area contributed by atoms with Gasteiger partial charge in [0.25, 0.3) is 0 Å². The fraction of sp³-hybridized carbons (Fsp3) is 0.217. The molecule has 0 fully saturated rings. The summed E-state index contributed by atoms with van der Waals surface area (Å²) in [5.74, 6) is 0. The molecule has 1 aliphatic rings. The summed E-state index contributed by atoms with van der Waals surface area (Å²) in [6, 6.07) is 21.9. The van der Waals surface area contributed by atoms with Crippen molar-refractivity contribution in [1.82, 2.24) is 0 Å². The van der Waals surface area contributed by atoms with Crippen LogP contribution in [0.3, 0.4) is 0 Å². The Morgan fingerprint density at radius 1 is 0.793 bits per heavy atom. The topological polar surface area (TPSA) is 58.8 Å². The second-order valence-electron chi connectivity index (χ2n) is 7.64. The van der Waals surface area contributed by atoms with Gasteiger partial charge in [-0.05, 0) is 47.5 Å². The summed E-state index contributed by atoms with van der Waals surface area (Å²) in [5, 5.41) is 0. The van der Waals surface area contributed by atoms with Crippen molar-refractivity contribution in [2.45, 2.75) is 10.5 Å². The minimum absolute atomic E-state index is 0.572. The average Bonchev–Trinajstić information content (AvgIpc) is 3.01. The Balaban J connectivity index is 1.95. The van der Waals surface area contributed by atoms with E-state index in [2.05, 4.69) is 0 Å².